The minimum Gasteiger partial charge on any atom is -0.370 e. The summed E-state index contributed by atoms with van der Waals surface area (Å²) in [7, 11) is 0. The van der Waals surface area contributed by atoms with Gasteiger partial charge in [-0.3, -0.25) is 9.59 Å². The predicted octanol–water partition coefficient (Wildman–Crippen LogP) is 3.93. The molecular weight excluding hydrogens is 276 g/mol. The molecule has 4 nitrogen and oxygen atoms in total. The summed E-state index contributed by atoms with van der Waals surface area (Å²) in [4.78, 5) is 20.3. The smallest absolute Gasteiger partial charge is 0.221 e. The average Bonchev–Trinajstić information content (AvgIpc) is 2.52. The Morgan fingerprint density at radius 3 is 2.09 bits per heavy atom. The molecule has 2 amide bonds. The van der Waals surface area contributed by atoms with Gasteiger partial charge in [0.1, 0.15) is 0 Å². The van der Waals surface area contributed by atoms with E-state index >= 15 is 0 Å². The highest BCUT2D eigenvalue weighted by atomic mass is 16.2. The van der Waals surface area contributed by atoms with Crippen molar-refractivity contribution in [3.05, 3.63) is 0 Å². The molecule has 0 spiro atoms. The van der Waals surface area contributed by atoms with Crippen LogP contribution in [0.15, 0.2) is 0 Å². The van der Waals surface area contributed by atoms with Crippen LogP contribution in [0.1, 0.15) is 90.9 Å². The minimum absolute atomic E-state index is 0.151. The van der Waals surface area contributed by atoms with E-state index in [-0.39, 0.29) is 11.8 Å². The van der Waals surface area contributed by atoms with Crippen molar-refractivity contribution in [2.45, 2.75) is 90.9 Å². The number of hydrogen-bond donors (Lipinski definition) is 2. The standard InChI is InChI=1S/C13H25NO.C3H5NO.C2H6/c14-13(15)11-7-2-1-4-8-12-9-5-3-6-10-12;5-3-1-2-4-3;1-2/h12H,1-11H2,(H2,14,15);1-2H2,(H,4,5);1-2H3. The number of carbonyl (C=O) groups is 2. The molecule has 0 bridgehead atoms. The van der Waals surface area contributed by atoms with Crippen LogP contribution in [-0.2, 0) is 9.59 Å². The minimum atomic E-state index is -0.151. The lowest BCUT2D eigenvalue weighted by atomic mass is 9.85. The number of rotatable bonds is 7. The second-order valence-corrected chi connectivity index (χ2v) is 6.02. The topological polar surface area (TPSA) is 72.2 Å². The normalized spacial score (nSPS) is 17.1. The lowest BCUT2D eigenvalue weighted by Gasteiger charge is -2.21. The SMILES string of the molecule is CC.NC(=O)CCCCCCC1CCCCC1.O=C1CCN1. The lowest BCUT2D eigenvalue weighted by Crippen LogP contribution is -2.37. The zero-order valence-electron chi connectivity index (χ0n) is 14.7. The van der Waals surface area contributed by atoms with Gasteiger partial charge in [0.05, 0.1) is 0 Å². The highest BCUT2D eigenvalue weighted by Gasteiger charge is 2.12. The van der Waals surface area contributed by atoms with Gasteiger partial charge in [-0.15, -0.1) is 0 Å². The van der Waals surface area contributed by atoms with E-state index < -0.39 is 0 Å². The molecule has 1 aliphatic heterocycles. The second kappa shape index (κ2) is 14.9. The van der Waals surface area contributed by atoms with E-state index in [0.29, 0.717) is 6.42 Å². The van der Waals surface area contributed by atoms with Crippen LogP contribution in [0.5, 0.6) is 0 Å². The van der Waals surface area contributed by atoms with Crippen LogP contribution in [-0.4, -0.2) is 18.4 Å². The maximum atomic E-state index is 10.5. The van der Waals surface area contributed by atoms with Crippen molar-refractivity contribution in [1.82, 2.24) is 5.32 Å². The number of primary amides is 1. The highest BCUT2D eigenvalue weighted by Crippen LogP contribution is 2.27. The fraction of sp³-hybridized carbons (Fsp3) is 0.889. The molecule has 1 saturated heterocycles. The van der Waals surface area contributed by atoms with Crippen molar-refractivity contribution in [3.63, 3.8) is 0 Å². The molecule has 0 aromatic rings. The van der Waals surface area contributed by atoms with E-state index in [2.05, 4.69) is 5.32 Å². The van der Waals surface area contributed by atoms with Gasteiger partial charge in [0.25, 0.3) is 0 Å². The van der Waals surface area contributed by atoms with Crippen molar-refractivity contribution in [2.24, 2.45) is 11.7 Å². The van der Waals surface area contributed by atoms with Gasteiger partial charge in [-0.05, 0) is 12.3 Å². The maximum absolute atomic E-state index is 10.5. The van der Waals surface area contributed by atoms with E-state index in [1.807, 2.05) is 13.8 Å². The molecule has 22 heavy (non-hydrogen) atoms. The van der Waals surface area contributed by atoms with Gasteiger partial charge in [0.15, 0.2) is 0 Å². The Morgan fingerprint density at radius 2 is 1.64 bits per heavy atom. The molecule has 0 aromatic carbocycles. The van der Waals surface area contributed by atoms with Crippen molar-refractivity contribution in [2.75, 3.05) is 6.54 Å². The summed E-state index contributed by atoms with van der Waals surface area (Å²) >= 11 is 0. The predicted molar refractivity (Wildman–Crippen MR) is 92.4 cm³/mol. The van der Waals surface area contributed by atoms with Crippen LogP contribution in [0, 0.1) is 5.92 Å². The van der Waals surface area contributed by atoms with E-state index in [9.17, 15) is 9.59 Å². The van der Waals surface area contributed by atoms with E-state index in [1.165, 1.54) is 57.8 Å². The third kappa shape index (κ3) is 12.7. The Kier molecular flexibility index (Phi) is 14.1. The molecule has 1 aliphatic carbocycles. The molecule has 1 saturated carbocycles. The summed E-state index contributed by atoms with van der Waals surface area (Å²) in [5.74, 6) is 1.04. The van der Waals surface area contributed by atoms with Gasteiger partial charge in [-0.2, -0.15) is 0 Å². The van der Waals surface area contributed by atoms with Crippen molar-refractivity contribution >= 4 is 11.8 Å². The first-order chi connectivity index (χ1) is 10.7. The number of hydrogen-bond acceptors (Lipinski definition) is 2. The molecule has 2 fully saturated rings. The first kappa shape index (κ1) is 20.9. The van der Waals surface area contributed by atoms with Gasteiger partial charge in [0, 0.05) is 19.4 Å². The molecule has 0 unspecified atom stereocenters. The number of β-lactam (4-membered cyclic amide) rings is 1. The third-order valence-electron chi connectivity index (χ3n) is 4.18. The fourth-order valence-electron chi connectivity index (χ4n) is 2.79. The number of unbranched alkanes of at least 4 members (excludes halogenated alkanes) is 3. The van der Waals surface area contributed by atoms with E-state index in [1.54, 1.807) is 0 Å². The first-order valence-corrected chi connectivity index (χ1v) is 9.23. The summed E-state index contributed by atoms with van der Waals surface area (Å²) in [5.41, 5.74) is 5.09. The van der Waals surface area contributed by atoms with Crippen LogP contribution < -0.4 is 11.1 Å². The summed E-state index contributed by atoms with van der Waals surface area (Å²) in [6.07, 6.45) is 14.8. The van der Waals surface area contributed by atoms with Gasteiger partial charge in [-0.1, -0.05) is 71.6 Å². The molecule has 130 valence electrons. The Balaban J connectivity index is 0.000000522. The van der Waals surface area contributed by atoms with Crippen molar-refractivity contribution < 1.29 is 9.59 Å². The Bertz CT molecular complexity index is 281. The highest BCUT2D eigenvalue weighted by molar-refractivity contribution is 5.81. The van der Waals surface area contributed by atoms with E-state index in [4.69, 9.17) is 5.73 Å². The fourth-order valence-corrected chi connectivity index (χ4v) is 2.79. The molecule has 2 rings (SSSR count). The van der Waals surface area contributed by atoms with Gasteiger partial charge >= 0.3 is 0 Å². The summed E-state index contributed by atoms with van der Waals surface area (Å²) < 4.78 is 0. The van der Waals surface area contributed by atoms with Gasteiger partial charge in [-0.25, -0.2) is 0 Å². The second-order valence-electron chi connectivity index (χ2n) is 6.02. The maximum Gasteiger partial charge on any atom is 0.221 e. The molecule has 4 heteroatoms. The van der Waals surface area contributed by atoms with Gasteiger partial charge in [0.2, 0.25) is 11.8 Å². The van der Waals surface area contributed by atoms with Crippen LogP contribution in [0.3, 0.4) is 0 Å². The summed E-state index contributed by atoms with van der Waals surface area (Å²) in [5, 5.41) is 2.57. The quantitative estimate of drug-likeness (QED) is 0.552. The Hall–Kier alpha value is -1.06. The molecule has 2 aliphatic rings. The van der Waals surface area contributed by atoms with Gasteiger partial charge < -0.3 is 11.1 Å². The largest absolute Gasteiger partial charge is 0.370 e. The molecule has 0 atom stereocenters. The zero-order chi connectivity index (χ0) is 16.6. The number of nitrogens with two attached hydrogens (primary N) is 1. The average molecular weight is 312 g/mol. The summed E-state index contributed by atoms with van der Waals surface area (Å²) in [6.45, 7) is 4.89. The molecule has 0 radical (unpaired) electrons. The number of amides is 2. The van der Waals surface area contributed by atoms with Crippen LogP contribution in [0.25, 0.3) is 0 Å². The number of carbonyl (C=O) groups excluding carboxylic acids is 2. The summed E-state index contributed by atoms with van der Waals surface area (Å²) in [6, 6.07) is 0. The molecule has 3 N–H and O–H groups in total. The molecule has 0 aromatic heterocycles. The lowest BCUT2D eigenvalue weighted by molar-refractivity contribution is -0.125. The zero-order valence-corrected chi connectivity index (χ0v) is 14.7. The van der Waals surface area contributed by atoms with E-state index in [0.717, 1.165) is 25.3 Å². The van der Waals surface area contributed by atoms with Crippen LogP contribution in [0.2, 0.25) is 0 Å². The Morgan fingerprint density at radius 1 is 1.09 bits per heavy atom. The van der Waals surface area contributed by atoms with Crippen LogP contribution >= 0.6 is 0 Å². The third-order valence-corrected chi connectivity index (χ3v) is 4.18. The number of nitrogens with one attached hydrogen (secondary N) is 1. The van der Waals surface area contributed by atoms with Crippen molar-refractivity contribution in [3.8, 4) is 0 Å². The molecule has 1 heterocycles. The molecular formula is C18H36N2O2. The van der Waals surface area contributed by atoms with Crippen molar-refractivity contribution in [1.29, 1.82) is 0 Å². The monoisotopic (exact) mass is 312 g/mol. The first-order valence-electron chi connectivity index (χ1n) is 9.23. The Labute approximate surface area is 136 Å². The van der Waals surface area contributed by atoms with Crippen LogP contribution in [0.4, 0.5) is 0 Å².